The molecule has 1 amide bonds. The molecule has 4 nitrogen and oxygen atoms in total. The Kier molecular flexibility index (Phi) is 5.83. The summed E-state index contributed by atoms with van der Waals surface area (Å²) in [4.78, 5) is 12.1. The summed E-state index contributed by atoms with van der Waals surface area (Å²) in [6, 6.07) is 9.77. The molecule has 0 aliphatic carbocycles. The van der Waals surface area contributed by atoms with Crippen molar-refractivity contribution in [1.29, 1.82) is 0 Å². The Morgan fingerprint density at radius 2 is 1.58 bits per heavy atom. The van der Waals surface area contributed by atoms with Crippen LogP contribution in [0.5, 0.6) is 0 Å². The van der Waals surface area contributed by atoms with Crippen molar-refractivity contribution in [2.75, 3.05) is 5.32 Å². The van der Waals surface area contributed by atoms with E-state index in [1.54, 1.807) is 52.0 Å². The number of aliphatic hydroxyl groups is 1. The predicted octanol–water partition coefficient (Wildman–Crippen LogP) is 3.03. The number of benzene rings is 2. The summed E-state index contributed by atoms with van der Waals surface area (Å²) in [7, 11) is 1.50. The first-order valence-corrected chi connectivity index (χ1v) is 8.10. The average Bonchev–Trinajstić information content (AvgIpc) is 2.53. The first kappa shape index (κ1) is 20.1. The van der Waals surface area contributed by atoms with E-state index in [1.807, 2.05) is 0 Å². The van der Waals surface area contributed by atoms with Gasteiger partial charge in [-0.3, -0.25) is 4.79 Å². The van der Waals surface area contributed by atoms with Gasteiger partial charge in [0.05, 0.1) is 11.2 Å². The Bertz CT molecular complexity index is 766. The topological polar surface area (TPSA) is 58.6 Å². The standard InChI is InChI=1S/C19H21BF2NO3/c1-18(2,25)19(3,4)26-20-12-8-10-13(11-9-12)23-17(24)16-14(21)6-5-7-15(16)22/h5-11,25H,1-4H3,(H,23,24). The average molecular weight is 360 g/mol. The molecule has 137 valence electrons. The largest absolute Gasteiger partial charge is 0.427 e. The van der Waals surface area contributed by atoms with Crippen molar-refractivity contribution in [2.24, 2.45) is 0 Å². The molecular weight excluding hydrogens is 339 g/mol. The molecule has 0 bridgehead atoms. The van der Waals surface area contributed by atoms with Gasteiger partial charge in [0.25, 0.3) is 5.91 Å². The zero-order valence-electron chi connectivity index (χ0n) is 15.1. The molecule has 0 spiro atoms. The van der Waals surface area contributed by atoms with E-state index in [0.29, 0.717) is 11.2 Å². The molecule has 2 aromatic carbocycles. The number of rotatable bonds is 6. The summed E-state index contributed by atoms with van der Waals surface area (Å²) in [5.41, 5.74) is -1.38. The van der Waals surface area contributed by atoms with Gasteiger partial charge in [-0.05, 0) is 52.0 Å². The number of nitrogens with one attached hydrogen (secondary N) is 1. The van der Waals surface area contributed by atoms with E-state index < -0.39 is 34.3 Å². The van der Waals surface area contributed by atoms with Gasteiger partial charge < -0.3 is 15.1 Å². The molecule has 0 aliphatic heterocycles. The number of hydrogen-bond acceptors (Lipinski definition) is 3. The van der Waals surface area contributed by atoms with E-state index in [-0.39, 0.29) is 0 Å². The third-order valence-corrected chi connectivity index (χ3v) is 4.32. The smallest absolute Gasteiger partial charge is 0.330 e. The Morgan fingerprint density at radius 3 is 2.08 bits per heavy atom. The number of halogens is 2. The van der Waals surface area contributed by atoms with Crippen LogP contribution >= 0.6 is 0 Å². The van der Waals surface area contributed by atoms with Crippen molar-refractivity contribution in [2.45, 2.75) is 38.9 Å². The lowest BCUT2D eigenvalue weighted by Gasteiger charge is -2.37. The molecule has 2 aromatic rings. The second kappa shape index (κ2) is 7.56. The maximum atomic E-state index is 13.6. The molecular formula is C19H21BF2NO3. The SMILES string of the molecule is CC(C)(O)C(C)(C)O[B]c1ccc(NC(=O)c2c(F)cccc2F)cc1. The fraction of sp³-hybridized carbons (Fsp3) is 0.316. The lowest BCUT2D eigenvalue weighted by molar-refractivity contribution is -0.0893. The van der Waals surface area contributed by atoms with Crippen molar-refractivity contribution >= 4 is 24.5 Å². The first-order valence-electron chi connectivity index (χ1n) is 8.10. The molecule has 0 fully saturated rings. The molecule has 0 saturated heterocycles. The highest BCUT2D eigenvalue weighted by Crippen LogP contribution is 2.24. The van der Waals surface area contributed by atoms with Gasteiger partial charge in [-0.15, -0.1) is 0 Å². The Balaban J connectivity index is 2.03. The van der Waals surface area contributed by atoms with Gasteiger partial charge in [0.15, 0.2) is 0 Å². The monoisotopic (exact) mass is 360 g/mol. The summed E-state index contributed by atoms with van der Waals surface area (Å²) in [6.45, 7) is 6.84. The molecule has 26 heavy (non-hydrogen) atoms. The Hall–Kier alpha value is -2.25. The van der Waals surface area contributed by atoms with Crippen LogP contribution in [-0.4, -0.2) is 29.7 Å². The minimum Gasteiger partial charge on any atom is -0.427 e. The van der Waals surface area contributed by atoms with Gasteiger partial charge in [-0.1, -0.05) is 23.7 Å². The van der Waals surface area contributed by atoms with Gasteiger partial charge in [-0.25, -0.2) is 8.78 Å². The molecule has 0 heterocycles. The fourth-order valence-electron chi connectivity index (χ4n) is 1.91. The minimum absolute atomic E-state index is 0.386. The highest BCUT2D eigenvalue weighted by molar-refractivity contribution is 6.47. The van der Waals surface area contributed by atoms with Gasteiger partial charge in [-0.2, -0.15) is 0 Å². The van der Waals surface area contributed by atoms with E-state index >= 15 is 0 Å². The third-order valence-electron chi connectivity index (χ3n) is 4.32. The van der Waals surface area contributed by atoms with Crippen molar-refractivity contribution in [1.82, 2.24) is 0 Å². The van der Waals surface area contributed by atoms with E-state index in [0.717, 1.165) is 12.1 Å². The summed E-state index contributed by atoms with van der Waals surface area (Å²) >= 11 is 0. The molecule has 0 atom stereocenters. The van der Waals surface area contributed by atoms with Crippen LogP contribution in [0.25, 0.3) is 0 Å². The Labute approximate surface area is 152 Å². The lowest BCUT2D eigenvalue weighted by Crippen LogP contribution is -2.49. The predicted molar refractivity (Wildman–Crippen MR) is 97.6 cm³/mol. The molecule has 2 rings (SSSR count). The first-order chi connectivity index (χ1) is 12.0. The quantitative estimate of drug-likeness (QED) is 0.779. The summed E-state index contributed by atoms with van der Waals surface area (Å²) in [5.74, 6) is -2.71. The van der Waals surface area contributed by atoms with Crippen LogP contribution in [0.3, 0.4) is 0 Å². The van der Waals surface area contributed by atoms with E-state index in [9.17, 15) is 18.7 Å². The second-order valence-electron chi connectivity index (χ2n) is 6.98. The van der Waals surface area contributed by atoms with Crippen LogP contribution in [0.2, 0.25) is 0 Å². The van der Waals surface area contributed by atoms with Gasteiger partial charge in [0.2, 0.25) is 0 Å². The molecule has 1 radical (unpaired) electrons. The van der Waals surface area contributed by atoms with E-state index in [1.165, 1.54) is 13.5 Å². The van der Waals surface area contributed by atoms with Gasteiger partial charge in [0, 0.05) is 5.69 Å². The number of hydrogen-bond donors (Lipinski definition) is 2. The molecule has 0 aromatic heterocycles. The van der Waals surface area contributed by atoms with Crippen molar-refractivity contribution in [3.8, 4) is 0 Å². The lowest BCUT2D eigenvalue weighted by atomic mass is 9.82. The summed E-state index contributed by atoms with van der Waals surface area (Å²) in [5, 5.41) is 12.5. The zero-order valence-corrected chi connectivity index (χ0v) is 15.1. The highest BCUT2D eigenvalue weighted by Gasteiger charge is 2.35. The van der Waals surface area contributed by atoms with E-state index in [4.69, 9.17) is 4.65 Å². The zero-order chi connectivity index (χ0) is 19.5. The minimum atomic E-state index is -1.04. The molecule has 0 unspecified atom stereocenters. The van der Waals surface area contributed by atoms with Crippen LogP contribution < -0.4 is 10.8 Å². The van der Waals surface area contributed by atoms with Crippen LogP contribution in [-0.2, 0) is 4.65 Å². The van der Waals surface area contributed by atoms with Crippen molar-refractivity contribution < 1.29 is 23.3 Å². The van der Waals surface area contributed by atoms with E-state index in [2.05, 4.69) is 5.32 Å². The molecule has 2 N–H and O–H groups in total. The number of carbonyl (C=O) groups excluding carboxylic acids is 1. The third kappa shape index (κ3) is 4.68. The normalized spacial score (nSPS) is 12.0. The summed E-state index contributed by atoms with van der Waals surface area (Å²) < 4.78 is 32.9. The second-order valence-corrected chi connectivity index (χ2v) is 6.98. The maximum Gasteiger partial charge on any atom is 0.330 e. The summed E-state index contributed by atoms with van der Waals surface area (Å²) in [6.07, 6.45) is 0. The van der Waals surface area contributed by atoms with Crippen LogP contribution in [0, 0.1) is 11.6 Å². The fourth-order valence-corrected chi connectivity index (χ4v) is 1.91. The number of carbonyl (C=O) groups is 1. The van der Waals surface area contributed by atoms with Crippen molar-refractivity contribution in [3.05, 3.63) is 59.7 Å². The van der Waals surface area contributed by atoms with Crippen LogP contribution in [0.4, 0.5) is 14.5 Å². The highest BCUT2D eigenvalue weighted by atomic mass is 19.1. The molecule has 7 heteroatoms. The molecule has 0 aliphatic rings. The van der Waals surface area contributed by atoms with Gasteiger partial charge >= 0.3 is 7.48 Å². The molecule has 0 saturated carbocycles. The van der Waals surface area contributed by atoms with Crippen LogP contribution in [0.15, 0.2) is 42.5 Å². The van der Waals surface area contributed by atoms with Crippen molar-refractivity contribution in [3.63, 3.8) is 0 Å². The Morgan fingerprint density at radius 1 is 1.04 bits per heavy atom. The maximum absolute atomic E-state index is 13.6. The van der Waals surface area contributed by atoms with Crippen LogP contribution in [0.1, 0.15) is 38.1 Å². The number of amides is 1. The van der Waals surface area contributed by atoms with Gasteiger partial charge in [0.1, 0.15) is 17.2 Å². The number of anilines is 1.